The fourth-order valence-electron chi connectivity index (χ4n) is 4.68. The van der Waals surface area contributed by atoms with Gasteiger partial charge < -0.3 is 24.6 Å². The molecule has 0 saturated heterocycles. The van der Waals surface area contributed by atoms with Crippen LogP contribution in [0.1, 0.15) is 45.6 Å². The Labute approximate surface area is 201 Å². The zero-order valence-electron chi connectivity index (χ0n) is 20.2. The Morgan fingerprint density at radius 1 is 1.26 bits per heavy atom. The molecule has 11 heteroatoms. The third kappa shape index (κ3) is 4.58. The van der Waals surface area contributed by atoms with Gasteiger partial charge in [0.15, 0.2) is 11.5 Å². The summed E-state index contributed by atoms with van der Waals surface area (Å²) < 4.78 is 15.5. The summed E-state index contributed by atoms with van der Waals surface area (Å²) in [6.07, 6.45) is 0.309. The SMILES string of the molecule is CCOC(=O)C1=C(C)NC2=C(C(=O)[C@@H](C(=O)OC)[C@@H](C)C2)[C@@H]1c1cc(OCC)c(O)c([N+](=O)[O-])c1. The minimum Gasteiger partial charge on any atom is -0.500 e. The van der Waals surface area contributed by atoms with E-state index in [4.69, 9.17) is 14.2 Å². The van der Waals surface area contributed by atoms with Gasteiger partial charge >= 0.3 is 17.6 Å². The Morgan fingerprint density at radius 3 is 2.51 bits per heavy atom. The zero-order chi connectivity index (χ0) is 26.0. The number of nitro groups is 1. The molecular formula is C24H28N2O9. The molecule has 188 valence electrons. The van der Waals surface area contributed by atoms with Crippen LogP contribution in [0, 0.1) is 22.0 Å². The van der Waals surface area contributed by atoms with Crippen molar-refractivity contribution in [3.63, 3.8) is 0 Å². The average molecular weight is 488 g/mol. The lowest BCUT2D eigenvalue weighted by atomic mass is 9.69. The standard InChI is InChI=1S/C24H28N2O9/c1-6-34-16-10-13(9-15(21(16)27)26(31)32)19-18(24(30)35-7-2)12(4)25-14-8-11(3)17(23(29)33-5)22(28)20(14)19/h9-11,17,19,25,27H,6-8H2,1-5H3/t11-,17-,19+/m0/s1. The molecule has 0 unspecified atom stereocenters. The number of Topliss-reactive ketones (excluding diaryl/α,β-unsaturated/α-hetero) is 1. The molecule has 2 N–H and O–H groups in total. The largest absolute Gasteiger partial charge is 0.500 e. The molecule has 3 atom stereocenters. The van der Waals surface area contributed by atoms with Crippen LogP contribution >= 0.6 is 0 Å². The van der Waals surface area contributed by atoms with Gasteiger partial charge in [-0.3, -0.25) is 19.7 Å². The molecule has 1 aliphatic carbocycles. The van der Waals surface area contributed by atoms with Crippen molar-refractivity contribution in [1.82, 2.24) is 5.32 Å². The molecule has 0 bridgehead atoms. The number of allylic oxidation sites excluding steroid dienone is 3. The Kier molecular flexibility index (Phi) is 7.47. The van der Waals surface area contributed by atoms with E-state index in [-0.39, 0.29) is 41.6 Å². The summed E-state index contributed by atoms with van der Waals surface area (Å²) in [6, 6.07) is 2.46. The predicted molar refractivity (Wildman–Crippen MR) is 122 cm³/mol. The Bertz CT molecular complexity index is 1150. The number of nitro benzene ring substituents is 1. The molecule has 1 heterocycles. The van der Waals surface area contributed by atoms with Crippen molar-refractivity contribution in [3.05, 3.63) is 50.4 Å². The molecule has 35 heavy (non-hydrogen) atoms. The van der Waals surface area contributed by atoms with Gasteiger partial charge in [0.25, 0.3) is 0 Å². The van der Waals surface area contributed by atoms with E-state index in [1.54, 1.807) is 27.7 Å². The van der Waals surface area contributed by atoms with Crippen LogP contribution in [0.4, 0.5) is 5.69 Å². The van der Waals surface area contributed by atoms with Gasteiger partial charge in [-0.2, -0.15) is 0 Å². The Morgan fingerprint density at radius 2 is 1.94 bits per heavy atom. The summed E-state index contributed by atoms with van der Waals surface area (Å²) >= 11 is 0. The molecule has 3 rings (SSSR count). The van der Waals surface area contributed by atoms with Gasteiger partial charge in [-0.25, -0.2) is 4.79 Å². The lowest BCUT2D eigenvalue weighted by Crippen LogP contribution is -2.43. The maximum atomic E-state index is 13.7. The van der Waals surface area contributed by atoms with E-state index in [9.17, 15) is 29.6 Å². The molecule has 1 aromatic carbocycles. The first-order chi connectivity index (χ1) is 16.6. The topological polar surface area (TPSA) is 154 Å². The van der Waals surface area contributed by atoms with E-state index in [1.165, 1.54) is 13.2 Å². The van der Waals surface area contributed by atoms with E-state index in [0.29, 0.717) is 17.8 Å². The Balaban J connectivity index is 2.32. The molecule has 1 aliphatic heterocycles. The third-order valence-corrected chi connectivity index (χ3v) is 6.15. The predicted octanol–water partition coefficient (Wildman–Crippen LogP) is 2.88. The smallest absolute Gasteiger partial charge is 0.336 e. The highest BCUT2D eigenvalue weighted by Crippen LogP contribution is 2.48. The Hall–Kier alpha value is -3.89. The van der Waals surface area contributed by atoms with Crippen molar-refractivity contribution in [1.29, 1.82) is 0 Å². The first kappa shape index (κ1) is 25.7. The van der Waals surface area contributed by atoms with Crippen molar-refractivity contribution in [2.24, 2.45) is 11.8 Å². The summed E-state index contributed by atoms with van der Waals surface area (Å²) in [5.41, 5.74) is 0.632. The number of hydrogen-bond acceptors (Lipinski definition) is 10. The van der Waals surface area contributed by atoms with E-state index in [0.717, 1.165) is 6.07 Å². The van der Waals surface area contributed by atoms with Gasteiger partial charge in [0.2, 0.25) is 5.75 Å². The average Bonchev–Trinajstić information content (AvgIpc) is 2.79. The fourth-order valence-corrected chi connectivity index (χ4v) is 4.68. The molecule has 1 aromatic rings. The van der Waals surface area contributed by atoms with E-state index in [1.807, 2.05) is 0 Å². The van der Waals surface area contributed by atoms with Crippen LogP contribution in [0.15, 0.2) is 34.7 Å². The zero-order valence-corrected chi connectivity index (χ0v) is 20.2. The van der Waals surface area contributed by atoms with Crippen LogP contribution < -0.4 is 10.1 Å². The highest BCUT2D eigenvalue weighted by Gasteiger charge is 2.47. The number of methoxy groups -OCH3 is 1. The molecule has 2 aliphatic rings. The van der Waals surface area contributed by atoms with Crippen LogP contribution in [0.5, 0.6) is 11.5 Å². The summed E-state index contributed by atoms with van der Waals surface area (Å²) in [5, 5.41) is 25.2. The molecule has 0 saturated carbocycles. The summed E-state index contributed by atoms with van der Waals surface area (Å²) in [7, 11) is 1.19. The second-order valence-electron chi connectivity index (χ2n) is 8.33. The van der Waals surface area contributed by atoms with E-state index in [2.05, 4.69) is 5.32 Å². The minimum atomic E-state index is -1.11. The molecular weight excluding hydrogens is 460 g/mol. The van der Waals surface area contributed by atoms with Crippen molar-refractivity contribution in [3.8, 4) is 11.5 Å². The van der Waals surface area contributed by atoms with Crippen LogP contribution in [0.25, 0.3) is 0 Å². The number of esters is 2. The normalized spacial score (nSPS) is 21.7. The van der Waals surface area contributed by atoms with Crippen molar-refractivity contribution < 1.29 is 38.6 Å². The second kappa shape index (κ2) is 10.2. The van der Waals surface area contributed by atoms with Crippen LogP contribution in [-0.4, -0.2) is 48.1 Å². The number of ether oxygens (including phenoxy) is 3. The summed E-state index contributed by atoms with van der Waals surface area (Å²) in [5.74, 6) is -5.40. The number of aromatic hydroxyl groups is 1. The number of nitrogens with one attached hydrogen (secondary N) is 1. The van der Waals surface area contributed by atoms with Gasteiger partial charge in [-0.15, -0.1) is 0 Å². The number of benzene rings is 1. The number of hydrogen-bond donors (Lipinski definition) is 2. The van der Waals surface area contributed by atoms with Crippen LogP contribution in [0.2, 0.25) is 0 Å². The summed E-state index contributed by atoms with van der Waals surface area (Å²) in [4.78, 5) is 50.1. The molecule has 0 amide bonds. The van der Waals surface area contributed by atoms with Crippen LogP contribution in [0.3, 0.4) is 0 Å². The number of phenolic OH excluding ortho intramolecular Hbond substituents is 1. The van der Waals surface area contributed by atoms with Gasteiger partial charge in [0.05, 0.1) is 30.8 Å². The van der Waals surface area contributed by atoms with E-state index >= 15 is 0 Å². The number of ketones is 1. The maximum Gasteiger partial charge on any atom is 0.336 e. The highest BCUT2D eigenvalue weighted by molar-refractivity contribution is 6.12. The fraction of sp³-hybridized carbons (Fsp3) is 0.458. The first-order valence-electron chi connectivity index (χ1n) is 11.2. The number of phenols is 1. The third-order valence-electron chi connectivity index (χ3n) is 6.15. The van der Waals surface area contributed by atoms with Gasteiger partial charge in [0.1, 0.15) is 5.92 Å². The highest BCUT2D eigenvalue weighted by atomic mass is 16.6. The number of rotatable bonds is 7. The number of dihydropyridines is 1. The van der Waals surface area contributed by atoms with Crippen molar-refractivity contribution >= 4 is 23.4 Å². The molecule has 0 spiro atoms. The molecule has 0 fully saturated rings. The quantitative estimate of drug-likeness (QED) is 0.253. The minimum absolute atomic E-state index is 0.0595. The monoisotopic (exact) mass is 488 g/mol. The van der Waals surface area contributed by atoms with Crippen molar-refractivity contribution in [2.75, 3.05) is 20.3 Å². The summed E-state index contributed by atoms with van der Waals surface area (Å²) in [6.45, 7) is 6.83. The molecule has 0 aromatic heterocycles. The number of carbonyl (C=O) groups excluding carboxylic acids is 3. The van der Waals surface area contributed by atoms with Gasteiger partial charge in [-0.05, 0) is 44.7 Å². The van der Waals surface area contributed by atoms with E-state index < -0.39 is 45.9 Å². The number of carbonyl (C=O) groups is 3. The molecule has 0 radical (unpaired) electrons. The first-order valence-corrected chi connectivity index (χ1v) is 11.2. The van der Waals surface area contributed by atoms with Gasteiger partial charge in [-0.1, -0.05) is 6.92 Å². The van der Waals surface area contributed by atoms with Crippen LogP contribution in [-0.2, 0) is 23.9 Å². The second-order valence-corrected chi connectivity index (χ2v) is 8.33. The van der Waals surface area contributed by atoms with Gasteiger partial charge in [0, 0.05) is 29.0 Å². The lowest BCUT2D eigenvalue weighted by Gasteiger charge is -2.38. The molecule has 11 nitrogen and oxygen atoms in total. The maximum absolute atomic E-state index is 13.7. The number of nitrogens with zero attached hydrogens (tertiary/aromatic N) is 1. The van der Waals surface area contributed by atoms with Crippen molar-refractivity contribution in [2.45, 2.75) is 40.0 Å². The lowest BCUT2D eigenvalue weighted by molar-refractivity contribution is -0.386.